The highest BCUT2D eigenvalue weighted by Gasteiger charge is 2.22. The summed E-state index contributed by atoms with van der Waals surface area (Å²) in [6.07, 6.45) is 12.1. The lowest BCUT2D eigenvalue weighted by atomic mass is 10.0. The predicted molar refractivity (Wildman–Crippen MR) is 114 cm³/mol. The summed E-state index contributed by atoms with van der Waals surface area (Å²) in [5.41, 5.74) is 0. The minimum atomic E-state index is -1.22. The van der Waals surface area contributed by atoms with Gasteiger partial charge in [-0.2, -0.15) is 0 Å². The zero-order valence-electron chi connectivity index (χ0n) is 19.3. The Morgan fingerprint density at radius 3 is 1.93 bits per heavy atom. The second kappa shape index (κ2) is 16.6. The van der Waals surface area contributed by atoms with Crippen molar-refractivity contribution in [1.29, 1.82) is 0 Å². The van der Waals surface area contributed by atoms with Crippen LogP contribution in [0.4, 0.5) is 0 Å². The van der Waals surface area contributed by atoms with Crippen LogP contribution in [0.25, 0.3) is 0 Å². The first-order valence-corrected chi connectivity index (χ1v) is 11.5. The maximum Gasteiger partial charge on any atom is 0.306 e. The minimum Gasteiger partial charge on any atom is -0.550 e. The molecular weight excluding hydrogens is 370 g/mol. The van der Waals surface area contributed by atoms with Crippen LogP contribution in [0, 0.1) is 0 Å². The Morgan fingerprint density at radius 2 is 1.41 bits per heavy atom. The number of nitrogens with zero attached hydrogens (tertiary/aromatic N) is 1. The zero-order chi connectivity index (χ0) is 22.1. The fraction of sp³-hybridized carbons (Fsp3) is 0.913. The standard InChI is InChI=1S/C23H45NO5/c1-5-6-7-8-9-10-11-12-13-15-20(25)16-14-17-23(28)29-21(18-22(26)27)19-24(2,3)4/h20-21,25H,5-19H2,1-4H3. The van der Waals surface area contributed by atoms with E-state index in [0.29, 0.717) is 23.9 Å². The fourth-order valence-corrected chi connectivity index (χ4v) is 3.50. The van der Waals surface area contributed by atoms with Crippen molar-refractivity contribution in [2.24, 2.45) is 0 Å². The van der Waals surface area contributed by atoms with Gasteiger partial charge in [-0.25, -0.2) is 0 Å². The van der Waals surface area contributed by atoms with Crippen molar-refractivity contribution in [3.05, 3.63) is 0 Å². The van der Waals surface area contributed by atoms with Crippen molar-refractivity contribution < 1.29 is 29.0 Å². The van der Waals surface area contributed by atoms with Gasteiger partial charge in [0.25, 0.3) is 0 Å². The highest BCUT2D eigenvalue weighted by Crippen LogP contribution is 2.14. The van der Waals surface area contributed by atoms with Crippen molar-refractivity contribution >= 4 is 11.9 Å². The number of hydrogen-bond donors (Lipinski definition) is 1. The molecule has 0 heterocycles. The van der Waals surface area contributed by atoms with Gasteiger partial charge in [-0.1, -0.05) is 64.7 Å². The third-order valence-electron chi connectivity index (χ3n) is 5.00. The summed E-state index contributed by atoms with van der Waals surface area (Å²) < 4.78 is 5.83. The smallest absolute Gasteiger partial charge is 0.306 e. The average Bonchev–Trinajstić information content (AvgIpc) is 2.58. The van der Waals surface area contributed by atoms with Gasteiger partial charge in [-0.05, 0) is 19.3 Å². The molecule has 0 saturated carbocycles. The minimum absolute atomic E-state index is 0.204. The molecule has 0 radical (unpaired) electrons. The van der Waals surface area contributed by atoms with Crippen molar-refractivity contribution in [3.63, 3.8) is 0 Å². The molecule has 6 heteroatoms. The van der Waals surface area contributed by atoms with E-state index >= 15 is 0 Å². The largest absolute Gasteiger partial charge is 0.550 e. The van der Waals surface area contributed by atoms with Crippen LogP contribution < -0.4 is 5.11 Å². The molecule has 0 aromatic heterocycles. The van der Waals surface area contributed by atoms with Crippen LogP contribution in [0.1, 0.15) is 96.8 Å². The molecule has 0 bridgehead atoms. The molecule has 0 saturated heterocycles. The van der Waals surface area contributed by atoms with Crippen molar-refractivity contribution in [1.82, 2.24) is 0 Å². The first-order valence-electron chi connectivity index (χ1n) is 11.5. The number of ether oxygens (including phenoxy) is 1. The molecule has 29 heavy (non-hydrogen) atoms. The van der Waals surface area contributed by atoms with Crippen LogP contribution >= 0.6 is 0 Å². The molecule has 0 aromatic rings. The zero-order valence-corrected chi connectivity index (χ0v) is 19.3. The summed E-state index contributed by atoms with van der Waals surface area (Å²) in [6, 6.07) is 0. The maximum atomic E-state index is 12.0. The number of unbranched alkanes of at least 4 members (excludes halogenated alkanes) is 8. The van der Waals surface area contributed by atoms with E-state index in [1.807, 2.05) is 21.1 Å². The molecule has 2 unspecified atom stereocenters. The van der Waals surface area contributed by atoms with E-state index < -0.39 is 18.0 Å². The predicted octanol–water partition coefficient (Wildman–Crippen LogP) is 3.20. The van der Waals surface area contributed by atoms with Crippen LogP contribution in [0.3, 0.4) is 0 Å². The second-order valence-corrected chi connectivity index (χ2v) is 9.32. The van der Waals surface area contributed by atoms with E-state index in [1.165, 1.54) is 44.9 Å². The van der Waals surface area contributed by atoms with E-state index in [-0.39, 0.29) is 18.9 Å². The number of carbonyl (C=O) groups excluding carboxylic acids is 2. The number of aliphatic hydroxyl groups excluding tert-OH is 1. The van der Waals surface area contributed by atoms with Crippen LogP contribution in [0.5, 0.6) is 0 Å². The number of carboxylic acid groups (broad SMARTS) is 1. The Bertz CT molecular complexity index is 433. The summed E-state index contributed by atoms with van der Waals surface area (Å²) in [7, 11) is 5.75. The lowest BCUT2D eigenvalue weighted by Crippen LogP contribution is -2.45. The Morgan fingerprint density at radius 1 is 0.897 bits per heavy atom. The van der Waals surface area contributed by atoms with E-state index in [9.17, 15) is 19.8 Å². The number of hydrogen-bond acceptors (Lipinski definition) is 5. The quantitative estimate of drug-likeness (QED) is 0.199. The molecule has 0 aromatic carbocycles. The van der Waals surface area contributed by atoms with Gasteiger partial charge in [-0.15, -0.1) is 0 Å². The molecule has 0 aliphatic rings. The molecule has 6 nitrogen and oxygen atoms in total. The third-order valence-corrected chi connectivity index (χ3v) is 5.00. The van der Waals surface area contributed by atoms with Gasteiger partial charge in [0.05, 0.1) is 27.2 Å². The van der Waals surface area contributed by atoms with E-state index in [4.69, 9.17) is 4.74 Å². The molecule has 172 valence electrons. The first-order chi connectivity index (χ1) is 13.6. The number of rotatable bonds is 19. The lowest BCUT2D eigenvalue weighted by molar-refractivity contribution is -0.873. The van der Waals surface area contributed by atoms with Gasteiger partial charge in [0.1, 0.15) is 6.54 Å². The lowest BCUT2D eigenvalue weighted by Gasteiger charge is -2.29. The van der Waals surface area contributed by atoms with Crippen molar-refractivity contribution in [3.8, 4) is 0 Å². The van der Waals surface area contributed by atoms with Crippen molar-refractivity contribution in [2.45, 2.75) is 109 Å². The van der Waals surface area contributed by atoms with E-state index in [2.05, 4.69) is 6.92 Å². The molecule has 0 fully saturated rings. The van der Waals surface area contributed by atoms with Gasteiger partial charge in [0.15, 0.2) is 6.10 Å². The van der Waals surface area contributed by atoms with Crippen LogP contribution in [-0.2, 0) is 14.3 Å². The van der Waals surface area contributed by atoms with E-state index in [0.717, 1.165) is 19.3 Å². The number of quaternary nitrogens is 1. The van der Waals surface area contributed by atoms with Gasteiger partial charge >= 0.3 is 5.97 Å². The van der Waals surface area contributed by atoms with Gasteiger partial charge < -0.3 is 24.2 Å². The van der Waals surface area contributed by atoms with E-state index in [1.54, 1.807) is 0 Å². The molecule has 2 atom stereocenters. The number of carbonyl (C=O) groups is 2. The normalized spacial score (nSPS) is 13.8. The van der Waals surface area contributed by atoms with Crippen LogP contribution in [-0.4, -0.2) is 61.4 Å². The molecule has 0 spiro atoms. The summed E-state index contributed by atoms with van der Waals surface area (Å²) in [5.74, 6) is -1.62. The summed E-state index contributed by atoms with van der Waals surface area (Å²) in [5, 5.41) is 20.9. The highest BCUT2D eigenvalue weighted by atomic mass is 16.5. The van der Waals surface area contributed by atoms with Gasteiger partial charge in [0.2, 0.25) is 0 Å². The topological polar surface area (TPSA) is 86.7 Å². The monoisotopic (exact) mass is 415 g/mol. The van der Waals surface area contributed by atoms with Crippen LogP contribution in [0.2, 0.25) is 0 Å². The number of aliphatic carboxylic acids is 1. The Hall–Kier alpha value is -1.14. The summed E-state index contributed by atoms with van der Waals surface area (Å²) in [6.45, 7) is 2.65. The van der Waals surface area contributed by atoms with Gasteiger partial charge in [-0.3, -0.25) is 4.79 Å². The Balaban J connectivity index is 3.81. The molecule has 0 rings (SSSR count). The molecule has 1 N–H and O–H groups in total. The maximum absolute atomic E-state index is 12.0. The molecule has 0 aliphatic heterocycles. The summed E-state index contributed by atoms with van der Waals surface area (Å²) >= 11 is 0. The van der Waals surface area contributed by atoms with Gasteiger partial charge in [0, 0.05) is 18.8 Å². The number of esters is 1. The average molecular weight is 416 g/mol. The SMILES string of the molecule is CCCCCCCCCCCC(O)CCCC(=O)OC(CC(=O)[O-])C[N+](C)(C)C. The number of likely N-dealkylation sites (N-methyl/N-ethyl adjacent to an activating group) is 1. The Kier molecular flexibility index (Phi) is 16.0. The number of aliphatic hydroxyl groups is 1. The molecule has 0 amide bonds. The van der Waals surface area contributed by atoms with Crippen LogP contribution in [0.15, 0.2) is 0 Å². The molecule has 0 aliphatic carbocycles. The highest BCUT2D eigenvalue weighted by molar-refractivity contribution is 5.70. The Labute approximate surface area is 178 Å². The molecular formula is C23H45NO5. The number of carboxylic acids is 1. The first kappa shape index (κ1) is 27.9. The third kappa shape index (κ3) is 19.9. The van der Waals surface area contributed by atoms with Crippen molar-refractivity contribution in [2.75, 3.05) is 27.7 Å². The summed E-state index contributed by atoms with van der Waals surface area (Å²) in [4.78, 5) is 22.9. The fourth-order valence-electron chi connectivity index (χ4n) is 3.50. The second-order valence-electron chi connectivity index (χ2n) is 9.32.